The van der Waals surface area contributed by atoms with Gasteiger partial charge in [-0.1, -0.05) is 47.5 Å². The van der Waals surface area contributed by atoms with Crippen molar-refractivity contribution in [2.24, 2.45) is 0 Å². The lowest BCUT2D eigenvalue weighted by Gasteiger charge is -2.34. The number of hydrogen-bond donors (Lipinski definition) is 1. The van der Waals surface area contributed by atoms with Gasteiger partial charge in [-0.15, -0.1) is 0 Å². The minimum absolute atomic E-state index is 0.00661. The molecule has 1 N–H and O–H groups in total. The number of carbonyl (C=O) groups is 1. The third-order valence-electron chi connectivity index (χ3n) is 5.73. The Labute approximate surface area is 176 Å². The van der Waals surface area contributed by atoms with Gasteiger partial charge in [0, 0.05) is 38.4 Å². The van der Waals surface area contributed by atoms with Crippen LogP contribution in [0.25, 0.3) is 0 Å². The second-order valence-electron chi connectivity index (χ2n) is 7.64. The van der Waals surface area contributed by atoms with Crippen LogP contribution in [0.1, 0.15) is 29.9 Å². The summed E-state index contributed by atoms with van der Waals surface area (Å²) in [7, 11) is 0. The van der Waals surface area contributed by atoms with E-state index in [0.29, 0.717) is 10.0 Å². The first-order valence-electron chi connectivity index (χ1n) is 9.88. The third kappa shape index (κ3) is 4.52. The van der Waals surface area contributed by atoms with Crippen LogP contribution in [0.3, 0.4) is 0 Å². The van der Waals surface area contributed by atoms with Gasteiger partial charge in [-0.05, 0) is 48.7 Å². The lowest BCUT2D eigenvalue weighted by atomic mass is 9.95. The predicted molar refractivity (Wildman–Crippen MR) is 115 cm³/mol. The second-order valence-corrected chi connectivity index (χ2v) is 8.45. The predicted octanol–water partition coefficient (Wildman–Crippen LogP) is 4.63. The fraction of sp³-hybridized carbons (Fsp3) is 0.409. The Bertz CT molecular complexity index is 849. The molecule has 2 aromatic rings. The number of anilines is 1. The van der Waals surface area contributed by atoms with E-state index >= 15 is 0 Å². The first kappa shape index (κ1) is 19.7. The van der Waals surface area contributed by atoms with Gasteiger partial charge in [0.2, 0.25) is 5.91 Å². The topological polar surface area (TPSA) is 35.6 Å². The molecule has 0 radical (unpaired) electrons. The van der Waals surface area contributed by atoms with Crippen LogP contribution in [0.2, 0.25) is 10.0 Å². The van der Waals surface area contributed by atoms with Crippen molar-refractivity contribution >= 4 is 34.8 Å². The number of fused-ring (bicyclic) bond motifs is 1. The van der Waals surface area contributed by atoms with Gasteiger partial charge >= 0.3 is 0 Å². The smallest absolute Gasteiger partial charge is 0.232 e. The highest BCUT2D eigenvalue weighted by Crippen LogP contribution is 2.35. The molecule has 0 saturated carbocycles. The van der Waals surface area contributed by atoms with Crippen molar-refractivity contribution < 1.29 is 4.79 Å². The van der Waals surface area contributed by atoms with Crippen LogP contribution < -0.4 is 5.32 Å². The molecule has 2 aromatic carbocycles. The molecule has 0 spiro atoms. The van der Waals surface area contributed by atoms with Crippen molar-refractivity contribution in [3.63, 3.8) is 0 Å². The molecule has 2 aliphatic rings. The van der Waals surface area contributed by atoms with Crippen molar-refractivity contribution in [1.29, 1.82) is 0 Å². The molecular formula is C22H25Cl2N3O. The number of nitrogens with zero attached hydrogens (tertiary/aromatic N) is 2. The average Bonchev–Trinajstić information content (AvgIpc) is 3.01. The number of piperazine rings is 1. The number of nitrogens with one attached hydrogen (secondary N) is 1. The summed E-state index contributed by atoms with van der Waals surface area (Å²) in [5.41, 5.74) is 3.33. The average molecular weight is 418 g/mol. The Morgan fingerprint density at radius 2 is 1.71 bits per heavy atom. The summed E-state index contributed by atoms with van der Waals surface area (Å²) >= 11 is 12.1. The van der Waals surface area contributed by atoms with Crippen LogP contribution >= 0.6 is 23.2 Å². The molecule has 148 valence electrons. The molecule has 1 saturated heterocycles. The monoisotopic (exact) mass is 417 g/mol. The van der Waals surface area contributed by atoms with Crippen molar-refractivity contribution in [2.45, 2.75) is 25.3 Å². The fourth-order valence-electron chi connectivity index (χ4n) is 4.15. The third-order valence-corrected chi connectivity index (χ3v) is 6.47. The van der Waals surface area contributed by atoms with Crippen LogP contribution in [0.15, 0.2) is 42.5 Å². The van der Waals surface area contributed by atoms with Gasteiger partial charge < -0.3 is 10.2 Å². The van der Waals surface area contributed by atoms with Crippen LogP contribution in [-0.4, -0.2) is 48.4 Å². The number of carbonyl (C=O) groups excluding carboxylic acids is 1. The Kier molecular flexibility index (Phi) is 6.22. The van der Waals surface area contributed by atoms with Gasteiger partial charge in [0.05, 0.1) is 16.0 Å². The van der Waals surface area contributed by atoms with Crippen LogP contribution in [0.4, 0.5) is 5.69 Å². The quantitative estimate of drug-likeness (QED) is 0.743. The zero-order valence-electron chi connectivity index (χ0n) is 15.8. The molecule has 0 aliphatic carbocycles. The number of benzene rings is 2. The zero-order chi connectivity index (χ0) is 19.5. The molecule has 4 nitrogen and oxygen atoms in total. The summed E-state index contributed by atoms with van der Waals surface area (Å²) in [6, 6.07) is 13.9. The zero-order valence-corrected chi connectivity index (χ0v) is 17.3. The minimum Gasteiger partial charge on any atom is -0.325 e. The van der Waals surface area contributed by atoms with Crippen LogP contribution in [0.5, 0.6) is 0 Å². The number of rotatable bonds is 6. The maximum atomic E-state index is 12.2. The first-order chi connectivity index (χ1) is 13.6. The highest BCUT2D eigenvalue weighted by Gasteiger charge is 2.29. The molecule has 4 rings (SSSR count). The molecule has 1 amide bonds. The molecule has 0 bridgehead atoms. The molecule has 2 aliphatic heterocycles. The lowest BCUT2D eigenvalue weighted by molar-refractivity contribution is -0.117. The van der Waals surface area contributed by atoms with E-state index in [1.807, 2.05) is 36.4 Å². The summed E-state index contributed by atoms with van der Waals surface area (Å²) < 4.78 is 0. The number of hydrogen-bond acceptors (Lipinski definition) is 3. The Morgan fingerprint density at radius 1 is 0.964 bits per heavy atom. The van der Waals surface area contributed by atoms with E-state index in [4.69, 9.17) is 23.2 Å². The molecule has 6 heteroatoms. The van der Waals surface area contributed by atoms with Gasteiger partial charge in [-0.2, -0.15) is 0 Å². The SMILES string of the molecule is O=C1Nc2ccccc2C1CCCN1CCN(Cc2ccc(Cl)c(Cl)c2)CC1. The van der Waals surface area contributed by atoms with Crippen molar-refractivity contribution in [3.05, 3.63) is 63.6 Å². The van der Waals surface area contributed by atoms with Crippen molar-refractivity contribution in [2.75, 3.05) is 38.0 Å². The molecular weight excluding hydrogens is 393 g/mol. The lowest BCUT2D eigenvalue weighted by Crippen LogP contribution is -2.46. The van der Waals surface area contributed by atoms with Gasteiger partial charge in [-0.3, -0.25) is 9.69 Å². The summed E-state index contributed by atoms with van der Waals surface area (Å²) in [6.45, 7) is 6.18. The fourth-order valence-corrected chi connectivity index (χ4v) is 4.47. The van der Waals surface area contributed by atoms with Gasteiger partial charge in [0.1, 0.15) is 0 Å². The molecule has 0 aromatic heterocycles. The highest BCUT2D eigenvalue weighted by molar-refractivity contribution is 6.42. The standard InChI is InChI=1S/C22H25Cl2N3O/c23-19-8-7-16(14-20(19)24)15-27-12-10-26(11-13-27)9-3-5-18-17-4-1-2-6-21(17)25-22(18)28/h1-2,4,6-8,14,18H,3,5,9-13,15H2,(H,25,28). The van der Waals surface area contributed by atoms with E-state index in [2.05, 4.69) is 21.2 Å². The number of amides is 1. The second kappa shape index (κ2) is 8.83. The molecule has 1 atom stereocenters. The Morgan fingerprint density at radius 3 is 2.50 bits per heavy atom. The van der Waals surface area contributed by atoms with Gasteiger partial charge in [0.25, 0.3) is 0 Å². The molecule has 1 fully saturated rings. The highest BCUT2D eigenvalue weighted by atomic mass is 35.5. The summed E-state index contributed by atoms with van der Waals surface area (Å²) in [5, 5.41) is 4.22. The van der Waals surface area contributed by atoms with E-state index in [1.54, 1.807) is 0 Å². The largest absolute Gasteiger partial charge is 0.325 e. The van der Waals surface area contributed by atoms with Crippen molar-refractivity contribution in [1.82, 2.24) is 9.80 Å². The van der Waals surface area contributed by atoms with E-state index in [0.717, 1.165) is 63.4 Å². The Balaban J connectivity index is 1.21. The maximum absolute atomic E-state index is 12.2. The van der Waals surface area contributed by atoms with Gasteiger partial charge in [0.15, 0.2) is 0 Å². The summed E-state index contributed by atoms with van der Waals surface area (Å²) in [4.78, 5) is 17.2. The van der Waals surface area contributed by atoms with Crippen molar-refractivity contribution in [3.8, 4) is 0 Å². The first-order valence-corrected chi connectivity index (χ1v) is 10.6. The van der Waals surface area contributed by atoms with E-state index < -0.39 is 0 Å². The van der Waals surface area contributed by atoms with Gasteiger partial charge in [-0.25, -0.2) is 0 Å². The van der Waals surface area contributed by atoms with E-state index in [9.17, 15) is 4.79 Å². The normalized spacial score (nSPS) is 20.2. The summed E-state index contributed by atoms with van der Waals surface area (Å²) in [6.07, 6.45) is 1.95. The molecule has 2 heterocycles. The van der Waals surface area contributed by atoms with Crippen LogP contribution in [0, 0.1) is 0 Å². The summed E-state index contributed by atoms with van der Waals surface area (Å²) in [5.74, 6) is 0.153. The van der Waals surface area contributed by atoms with E-state index in [1.165, 1.54) is 5.56 Å². The molecule has 28 heavy (non-hydrogen) atoms. The minimum atomic E-state index is 0.00661. The number of halogens is 2. The number of para-hydroxylation sites is 1. The maximum Gasteiger partial charge on any atom is 0.232 e. The Hall–Kier alpha value is -1.59. The van der Waals surface area contributed by atoms with Crippen LogP contribution in [-0.2, 0) is 11.3 Å². The molecule has 1 unspecified atom stereocenters. The van der Waals surface area contributed by atoms with E-state index in [-0.39, 0.29) is 11.8 Å².